The molecule has 5 nitrogen and oxygen atoms in total. The molecule has 0 N–H and O–H groups in total. The minimum Gasteiger partial charge on any atom is -0.465 e. The molecule has 1 heterocycles. The van der Waals surface area contributed by atoms with E-state index in [1.807, 2.05) is 7.05 Å². The molecule has 0 bridgehead atoms. The van der Waals surface area contributed by atoms with Crippen LogP contribution in [0.2, 0.25) is 0 Å². The van der Waals surface area contributed by atoms with Crippen molar-refractivity contribution in [1.82, 2.24) is 9.55 Å². The molecule has 0 aliphatic rings. The molecular weight excluding hydrogens is 220 g/mol. The Morgan fingerprint density at radius 2 is 2.00 bits per heavy atom. The van der Waals surface area contributed by atoms with E-state index < -0.39 is 0 Å². The number of ether oxygens (including phenoxy) is 2. The van der Waals surface area contributed by atoms with Crippen LogP contribution in [-0.2, 0) is 11.8 Å². The van der Waals surface area contributed by atoms with Gasteiger partial charge in [0.2, 0.25) is 0 Å². The normalized spacial score (nSPS) is 10.0. The monoisotopic (exact) mass is 232 g/mol. The summed E-state index contributed by atoms with van der Waals surface area (Å²) in [5.74, 6) is 0.250. The van der Waals surface area contributed by atoms with Gasteiger partial charge in [-0.3, -0.25) is 0 Å². The third-order valence-corrected chi connectivity index (χ3v) is 2.26. The van der Waals surface area contributed by atoms with Gasteiger partial charge >= 0.3 is 12.0 Å². The second-order valence-electron chi connectivity index (χ2n) is 3.44. The van der Waals surface area contributed by atoms with Crippen LogP contribution in [0, 0.1) is 0 Å². The van der Waals surface area contributed by atoms with Gasteiger partial charge in [0.05, 0.1) is 12.7 Å². The molecule has 0 radical (unpaired) electrons. The van der Waals surface area contributed by atoms with Crippen LogP contribution >= 0.6 is 0 Å². The van der Waals surface area contributed by atoms with Crippen LogP contribution in [0.3, 0.4) is 0 Å². The first-order chi connectivity index (χ1) is 8.20. The van der Waals surface area contributed by atoms with Gasteiger partial charge in [0.1, 0.15) is 5.75 Å². The summed E-state index contributed by atoms with van der Waals surface area (Å²) in [6.07, 6.45) is 3.44. The lowest BCUT2D eigenvalue weighted by molar-refractivity contribution is 0.0600. The molecule has 0 fully saturated rings. The average molecular weight is 232 g/mol. The zero-order valence-corrected chi connectivity index (χ0v) is 9.58. The van der Waals surface area contributed by atoms with Gasteiger partial charge in [-0.1, -0.05) is 0 Å². The van der Waals surface area contributed by atoms with Crippen molar-refractivity contribution in [2.45, 2.75) is 0 Å². The Labute approximate surface area is 98.6 Å². The van der Waals surface area contributed by atoms with Crippen LogP contribution in [0.25, 0.3) is 0 Å². The number of aryl methyl sites for hydroxylation is 1. The Kier molecular flexibility index (Phi) is 3.09. The van der Waals surface area contributed by atoms with Crippen LogP contribution < -0.4 is 4.74 Å². The number of nitrogens with zero attached hydrogens (tertiary/aromatic N) is 2. The fourth-order valence-corrected chi connectivity index (χ4v) is 1.33. The Morgan fingerprint density at radius 3 is 2.53 bits per heavy atom. The van der Waals surface area contributed by atoms with E-state index in [0.29, 0.717) is 17.3 Å². The second-order valence-corrected chi connectivity index (χ2v) is 3.44. The zero-order valence-electron chi connectivity index (χ0n) is 9.58. The summed E-state index contributed by atoms with van der Waals surface area (Å²) in [6.45, 7) is 0. The molecule has 0 aliphatic carbocycles. The van der Waals surface area contributed by atoms with E-state index >= 15 is 0 Å². The summed E-state index contributed by atoms with van der Waals surface area (Å²) < 4.78 is 11.9. The van der Waals surface area contributed by atoms with Gasteiger partial charge in [0, 0.05) is 19.4 Å². The van der Waals surface area contributed by atoms with E-state index in [0.717, 1.165) is 0 Å². The Morgan fingerprint density at radius 1 is 1.29 bits per heavy atom. The van der Waals surface area contributed by atoms with Gasteiger partial charge in [-0.15, -0.1) is 0 Å². The third-order valence-electron chi connectivity index (χ3n) is 2.26. The first-order valence-corrected chi connectivity index (χ1v) is 5.04. The van der Waals surface area contributed by atoms with Gasteiger partial charge in [0.25, 0.3) is 0 Å². The van der Waals surface area contributed by atoms with Crippen molar-refractivity contribution in [3.63, 3.8) is 0 Å². The minimum absolute atomic E-state index is 0.367. The molecule has 2 aromatic rings. The number of aromatic nitrogens is 2. The number of imidazole rings is 1. The second kappa shape index (κ2) is 4.69. The summed E-state index contributed by atoms with van der Waals surface area (Å²) in [5, 5.41) is 0. The lowest BCUT2D eigenvalue weighted by atomic mass is 10.2. The molecule has 0 amide bonds. The number of carbonyl (C=O) groups excluding carboxylic acids is 1. The molecular formula is C12H12N2O3. The van der Waals surface area contributed by atoms with Crippen molar-refractivity contribution in [2.75, 3.05) is 7.11 Å². The molecule has 0 aliphatic heterocycles. The van der Waals surface area contributed by atoms with Crippen molar-refractivity contribution in [1.29, 1.82) is 0 Å². The molecule has 0 saturated carbocycles. The molecule has 1 aromatic carbocycles. The van der Waals surface area contributed by atoms with E-state index in [1.54, 1.807) is 41.2 Å². The van der Waals surface area contributed by atoms with Crippen molar-refractivity contribution in [2.24, 2.45) is 7.05 Å². The Hall–Kier alpha value is -2.30. The standard InChI is InChI=1S/C12H12N2O3/c1-14-8-7-13-12(14)17-10-5-3-9(4-6-10)11(15)16-2/h3-8H,1-2H3. The molecule has 0 spiro atoms. The number of methoxy groups -OCH3 is 1. The van der Waals surface area contributed by atoms with Gasteiger partial charge in [-0.2, -0.15) is 0 Å². The van der Waals surface area contributed by atoms with Crippen molar-refractivity contribution >= 4 is 5.97 Å². The number of esters is 1. The molecule has 0 atom stereocenters. The van der Waals surface area contributed by atoms with E-state index in [4.69, 9.17) is 4.74 Å². The first kappa shape index (κ1) is 11.2. The fraction of sp³-hybridized carbons (Fsp3) is 0.167. The maximum absolute atomic E-state index is 11.2. The van der Waals surface area contributed by atoms with Crippen LogP contribution in [0.15, 0.2) is 36.7 Å². The number of hydrogen-bond acceptors (Lipinski definition) is 4. The topological polar surface area (TPSA) is 53.4 Å². The van der Waals surface area contributed by atoms with Crippen molar-refractivity contribution in [3.8, 4) is 11.8 Å². The van der Waals surface area contributed by atoms with Crippen LogP contribution in [0.5, 0.6) is 11.8 Å². The van der Waals surface area contributed by atoms with E-state index in [9.17, 15) is 4.79 Å². The SMILES string of the molecule is COC(=O)c1ccc(Oc2nccn2C)cc1. The summed E-state index contributed by atoms with van der Waals surface area (Å²) in [7, 11) is 3.19. The summed E-state index contributed by atoms with van der Waals surface area (Å²) in [4.78, 5) is 15.3. The van der Waals surface area contributed by atoms with Crippen molar-refractivity contribution < 1.29 is 14.3 Å². The smallest absolute Gasteiger partial charge is 0.337 e. The molecule has 5 heteroatoms. The van der Waals surface area contributed by atoms with E-state index in [-0.39, 0.29) is 5.97 Å². The van der Waals surface area contributed by atoms with Gasteiger partial charge in [-0.05, 0) is 24.3 Å². The minimum atomic E-state index is -0.367. The maximum Gasteiger partial charge on any atom is 0.337 e. The molecule has 0 saturated heterocycles. The largest absolute Gasteiger partial charge is 0.465 e. The summed E-state index contributed by atoms with van der Waals surface area (Å²) in [6, 6.07) is 7.17. The summed E-state index contributed by atoms with van der Waals surface area (Å²) in [5.41, 5.74) is 0.486. The van der Waals surface area contributed by atoms with Crippen molar-refractivity contribution in [3.05, 3.63) is 42.2 Å². The number of carbonyl (C=O) groups is 1. The highest BCUT2D eigenvalue weighted by atomic mass is 16.5. The van der Waals surface area contributed by atoms with Crippen LogP contribution in [0.1, 0.15) is 10.4 Å². The average Bonchev–Trinajstić information content (AvgIpc) is 2.75. The molecule has 17 heavy (non-hydrogen) atoms. The van der Waals surface area contributed by atoms with Crippen LogP contribution in [0.4, 0.5) is 0 Å². The predicted molar refractivity (Wildman–Crippen MR) is 61.1 cm³/mol. The zero-order chi connectivity index (χ0) is 12.3. The highest BCUT2D eigenvalue weighted by molar-refractivity contribution is 5.89. The molecule has 2 rings (SSSR count). The molecule has 0 unspecified atom stereocenters. The highest BCUT2D eigenvalue weighted by Crippen LogP contribution is 2.19. The maximum atomic E-state index is 11.2. The summed E-state index contributed by atoms with van der Waals surface area (Å²) >= 11 is 0. The quantitative estimate of drug-likeness (QED) is 0.759. The molecule has 1 aromatic heterocycles. The van der Waals surface area contributed by atoms with Gasteiger partial charge in [0.15, 0.2) is 0 Å². The van der Waals surface area contributed by atoms with E-state index in [1.165, 1.54) is 7.11 Å². The molecule has 88 valence electrons. The lowest BCUT2D eigenvalue weighted by Gasteiger charge is -2.05. The van der Waals surface area contributed by atoms with Gasteiger partial charge in [-0.25, -0.2) is 9.78 Å². The number of benzene rings is 1. The van der Waals surface area contributed by atoms with Crippen LogP contribution in [-0.4, -0.2) is 22.6 Å². The van der Waals surface area contributed by atoms with Gasteiger partial charge < -0.3 is 14.0 Å². The third kappa shape index (κ3) is 2.44. The van der Waals surface area contributed by atoms with E-state index in [2.05, 4.69) is 9.72 Å². The predicted octanol–water partition coefficient (Wildman–Crippen LogP) is 2.00. The first-order valence-electron chi connectivity index (χ1n) is 5.04. The Bertz CT molecular complexity index is 517. The number of rotatable bonds is 3. The highest BCUT2D eigenvalue weighted by Gasteiger charge is 2.06. The Balaban J connectivity index is 2.14. The lowest BCUT2D eigenvalue weighted by Crippen LogP contribution is -2.00. The number of hydrogen-bond donors (Lipinski definition) is 0. The fourth-order valence-electron chi connectivity index (χ4n) is 1.33.